The molecule has 0 saturated carbocycles. The Kier molecular flexibility index (Phi) is 4.43. The summed E-state index contributed by atoms with van der Waals surface area (Å²) in [6.45, 7) is 8.56. The SMILES string of the molecule is CCOC(C(O)c1cc2cccc(Cl)c2o1)C(C)(C)C. The molecule has 0 spiro atoms. The molecule has 0 radical (unpaired) electrons. The minimum absolute atomic E-state index is 0.196. The molecule has 2 aromatic rings. The van der Waals surface area contributed by atoms with Crippen molar-refractivity contribution < 1.29 is 14.3 Å². The molecule has 1 aromatic heterocycles. The number of ether oxygens (including phenoxy) is 1. The van der Waals surface area contributed by atoms with E-state index in [0.29, 0.717) is 23.0 Å². The Labute approximate surface area is 124 Å². The zero-order valence-electron chi connectivity index (χ0n) is 12.3. The second-order valence-electron chi connectivity index (χ2n) is 5.99. The van der Waals surface area contributed by atoms with E-state index in [9.17, 15) is 5.11 Å². The van der Waals surface area contributed by atoms with Gasteiger partial charge in [0.05, 0.1) is 11.1 Å². The molecule has 2 atom stereocenters. The number of furan rings is 1. The summed E-state index contributed by atoms with van der Waals surface area (Å²) in [6, 6.07) is 7.37. The number of benzene rings is 1. The largest absolute Gasteiger partial charge is 0.457 e. The highest BCUT2D eigenvalue weighted by atomic mass is 35.5. The molecular formula is C16H21ClO3. The third-order valence-electron chi connectivity index (χ3n) is 3.29. The van der Waals surface area contributed by atoms with Gasteiger partial charge >= 0.3 is 0 Å². The van der Waals surface area contributed by atoms with Crippen LogP contribution in [-0.2, 0) is 4.74 Å². The minimum atomic E-state index is -0.821. The maximum Gasteiger partial charge on any atom is 0.152 e. The lowest BCUT2D eigenvalue weighted by Crippen LogP contribution is -2.35. The van der Waals surface area contributed by atoms with Crippen LogP contribution in [0.15, 0.2) is 28.7 Å². The Morgan fingerprint density at radius 3 is 2.60 bits per heavy atom. The van der Waals surface area contributed by atoms with Crippen molar-refractivity contribution in [3.05, 3.63) is 35.0 Å². The lowest BCUT2D eigenvalue weighted by Gasteiger charge is -2.33. The normalized spacial score (nSPS) is 15.5. The van der Waals surface area contributed by atoms with Gasteiger partial charge in [-0.05, 0) is 24.5 Å². The fraction of sp³-hybridized carbons (Fsp3) is 0.500. The van der Waals surface area contributed by atoms with E-state index in [1.54, 1.807) is 6.07 Å². The van der Waals surface area contributed by atoms with Gasteiger partial charge in [0, 0.05) is 12.0 Å². The zero-order valence-corrected chi connectivity index (χ0v) is 13.1. The van der Waals surface area contributed by atoms with E-state index in [4.69, 9.17) is 20.8 Å². The average molecular weight is 297 g/mol. The molecule has 2 unspecified atom stereocenters. The second-order valence-corrected chi connectivity index (χ2v) is 6.40. The smallest absolute Gasteiger partial charge is 0.152 e. The van der Waals surface area contributed by atoms with Gasteiger partial charge in [-0.15, -0.1) is 0 Å². The molecule has 1 aromatic carbocycles. The predicted octanol–water partition coefficient (Wildman–Crippen LogP) is 4.57. The van der Waals surface area contributed by atoms with Crippen molar-refractivity contribution in [3.8, 4) is 0 Å². The Morgan fingerprint density at radius 2 is 2.05 bits per heavy atom. The summed E-state index contributed by atoms with van der Waals surface area (Å²) in [4.78, 5) is 0. The highest BCUT2D eigenvalue weighted by Gasteiger charge is 2.34. The summed E-state index contributed by atoms with van der Waals surface area (Å²) in [5.74, 6) is 0.487. The second kappa shape index (κ2) is 5.76. The Balaban J connectivity index is 2.38. The number of aliphatic hydroxyl groups is 1. The molecule has 4 heteroatoms. The van der Waals surface area contributed by atoms with Crippen LogP contribution < -0.4 is 0 Å². The van der Waals surface area contributed by atoms with Crippen molar-refractivity contribution in [2.75, 3.05) is 6.61 Å². The quantitative estimate of drug-likeness (QED) is 0.898. The molecule has 2 rings (SSSR count). The van der Waals surface area contributed by atoms with E-state index in [1.165, 1.54) is 0 Å². The first-order valence-electron chi connectivity index (χ1n) is 6.82. The van der Waals surface area contributed by atoms with Crippen LogP contribution in [0.2, 0.25) is 5.02 Å². The number of rotatable bonds is 4. The number of fused-ring (bicyclic) bond motifs is 1. The third kappa shape index (κ3) is 3.00. The van der Waals surface area contributed by atoms with Crippen LogP contribution in [0.4, 0.5) is 0 Å². The maximum atomic E-state index is 10.6. The van der Waals surface area contributed by atoms with Crippen molar-refractivity contribution in [2.24, 2.45) is 5.41 Å². The first-order chi connectivity index (χ1) is 9.34. The van der Waals surface area contributed by atoms with Gasteiger partial charge in [0.1, 0.15) is 11.9 Å². The van der Waals surface area contributed by atoms with E-state index in [1.807, 2.05) is 45.9 Å². The van der Waals surface area contributed by atoms with Crippen LogP contribution in [0.25, 0.3) is 11.0 Å². The topological polar surface area (TPSA) is 42.6 Å². The van der Waals surface area contributed by atoms with Gasteiger partial charge in [-0.1, -0.05) is 44.5 Å². The predicted molar refractivity (Wildman–Crippen MR) is 81.1 cm³/mol. The molecule has 0 aliphatic rings. The van der Waals surface area contributed by atoms with E-state index >= 15 is 0 Å². The van der Waals surface area contributed by atoms with Crippen molar-refractivity contribution in [1.82, 2.24) is 0 Å². The van der Waals surface area contributed by atoms with Gasteiger partial charge in [-0.3, -0.25) is 0 Å². The third-order valence-corrected chi connectivity index (χ3v) is 3.59. The van der Waals surface area contributed by atoms with Gasteiger partial charge in [0.25, 0.3) is 0 Å². The van der Waals surface area contributed by atoms with Gasteiger partial charge in [0.2, 0.25) is 0 Å². The number of para-hydroxylation sites is 1. The van der Waals surface area contributed by atoms with E-state index in [2.05, 4.69) is 0 Å². The van der Waals surface area contributed by atoms with Crippen LogP contribution in [0.3, 0.4) is 0 Å². The summed E-state index contributed by atoms with van der Waals surface area (Å²) in [6.07, 6.45) is -1.16. The summed E-state index contributed by atoms with van der Waals surface area (Å²) >= 11 is 6.10. The molecule has 0 amide bonds. The van der Waals surface area contributed by atoms with E-state index in [0.717, 1.165) is 5.39 Å². The number of aliphatic hydroxyl groups excluding tert-OH is 1. The number of hydrogen-bond acceptors (Lipinski definition) is 3. The van der Waals surface area contributed by atoms with Crippen molar-refractivity contribution >= 4 is 22.6 Å². The Bertz CT molecular complexity index is 583. The summed E-state index contributed by atoms with van der Waals surface area (Å²) in [5.41, 5.74) is 0.408. The van der Waals surface area contributed by atoms with Gasteiger partial charge in [0.15, 0.2) is 5.58 Å². The minimum Gasteiger partial charge on any atom is -0.457 e. The van der Waals surface area contributed by atoms with Gasteiger partial charge in [-0.2, -0.15) is 0 Å². The fourth-order valence-electron chi connectivity index (χ4n) is 2.34. The van der Waals surface area contributed by atoms with Gasteiger partial charge in [-0.25, -0.2) is 0 Å². The van der Waals surface area contributed by atoms with Crippen molar-refractivity contribution in [3.63, 3.8) is 0 Å². The molecule has 0 bridgehead atoms. The molecule has 3 nitrogen and oxygen atoms in total. The molecule has 1 heterocycles. The summed E-state index contributed by atoms with van der Waals surface area (Å²) in [5, 5.41) is 12.0. The van der Waals surface area contributed by atoms with Crippen LogP contribution in [0.1, 0.15) is 39.6 Å². The molecule has 0 saturated heterocycles. The van der Waals surface area contributed by atoms with Crippen molar-refractivity contribution in [1.29, 1.82) is 0 Å². The molecule has 1 N–H and O–H groups in total. The van der Waals surface area contributed by atoms with E-state index in [-0.39, 0.29) is 11.5 Å². The van der Waals surface area contributed by atoms with Crippen molar-refractivity contribution in [2.45, 2.75) is 39.9 Å². The monoisotopic (exact) mass is 296 g/mol. The highest BCUT2D eigenvalue weighted by Crippen LogP contribution is 2.36. The molecule has 0 fully saturated rings. The summed E-state index contributed by atoms with van der Waals surface area (Å²) in [7, 11) is 0. The molecule has 0 aliphatic carbocycles. The molecule has 0 aliphatic heterocycles. The lowest BCUT2D eigenvalue weighted by molar-refractivity contribution is -0.0959. The average Bonchev–Trinajstić information content (AvgIpc) is 2.79. The fourth-order valence-corrected chi connectivity index (χ4v) is 2.56. The Morgan fingerprint density at radius 1 is 1.35 bits per heavy atom. The summed E-state index contributed by atoms with van der Waals surface area (Å²) < 4.78 is 11.4. The first-order valence-corrected chi connectivity index (χ1v) is 7.20. The lowest BCUT2D eigenvalue weighted by atomic mass is 9.85. The van der Waals surface area contributed by atoms with E-state index < -0.39 is 6.10 Å². The molecular weight excluding hydrogens is 276 g/mol. The first kappa shape index (κ1) is 15.4. The highest BCUT2D eigenvalue weighted by molar-refractivity contribution is 6.34. The standard InChI is InChI=1S/C16H21ClO3/c1-5-19-15(16(2,3)4)13(18)12-9-10-7-6-8-11(17)14(10)20-12/h6-9,13,15,18H,5H2,1-4H3. The van der Waals surface area contributed by atoms with Crippen LogP contribution in [0, 0.1) is 5.41 Å². The Hall–Kier alpha value is -1.03. The maximum absolute atomic E-state index is 10.6. The number of hydrogen-bond donors (Lipinski definition) is 1. The van der Waals surface area contributed by atoms with Crippen LogP contribution in [0.5, 0.6) is 0 Å². The molecule has 20 heavy (non-hydrogen) atoms. The van der Waals surface area contributed by atoms with Crippen LogP contribution >= 0.6 is 11.6 Å². The zero-order chi connectivity index (χ0) is 14.9. The van der Waals surface area contributed by atoms with Crippen LogP contribution in [-0.4, -0.2) is 17.8 Å². The number of halogens is 1. The van der Waals surface area contributed by atoms with Gasteiger partial charge < -0.3 is 14.3 Å². The molecule has 110 valence electrons.